The lowest BCUT2D eigenvalue weighted by atomic mass is 9.66. The van der Waals surface area contributed by atoms with Gasteiger partial charge in [0.1, 0.15) is 17.3 Å². The van der Waals surface area contributed by atoms with Gasteiger partial charge in [-0.3, -0.25) is 9.79 Å². The second kappa shape index (κ2) is 9.61. The lowest BCUT2D eigenvalue weighted by Crippen LogP contribution is -2.41. The maximum Gasteiger partial charge on any atom is 0.336 e. The van der Waals surface area contributed by atoms with Gasteiger partial charge in [-0.2, -0.15) is 0 Å². The van der Waals surface area contributed by atoms with E-state index in [1.54, 1.807) is 7.11 Å². The number of hydrogen-bond donors (Lipinski definition) is 0. The highest BCUT2D eigenvalue weighted by Crippen LogP contribution is 2.46. The topological polar surface area (TPSA) is 74.2 Å². The summed E-state index contributed by atoms with van der Waals surface area (Å²) in [7, 11) is 3.00. The third-order valence-corrected chi connectivity index (χ3v) is 6.50. The number of carbonyl (C=O) groups excluding carboxylic acids is 2. The molecule has 6 heteroatoms. The first-order chi connectivity index (χ1) is 16.0. The van der Waals surface area contributed by atoms with Crippen LogP contribution in [0.15, 0.2) is 64.8 Å². The highest BCUT2D eigenvalue weighted by molar-refractivity contribution is 6.12. The number of allylic oxidation sites excluding steroid dienone is 1. The quantitative estimate of drug-likeness (QED) is 0.593. The van der Waals surface area contributed by atoms with E-state index in [0.717, 1.165) is 28.3 Å². The molecule has 0 bridgehead atoms. The van der Waals surface area contributed by atoms with Crippen molar-refractivity contribution in [2.45, 2.75) is 38.5 Å². The Kier molecular flexibility index (Phi) is 6.63. The number of fused-ring (bicyclic) bond motifs is 1. The molecule has 1 unspecified atom stereocenters. The lowest BCUT2D eigenvalue weighted by molar-refractivity contribution is -0.136. The van der Waals surface area contributed by atoms with E-state index in [2.05, 4.69) is 0 Å². The maximum absolute atomic E-state index is 13.5. The molecule has 3 atom stereocenters. The smallest absolute Gasteiger partial charge is 0.336 e. The zero-order valence-corrected chi connectivity index (χ0v) is 19.5. The van der Waals surface area contributed by atoms with Crippen molar-refractivity contribution in [3.8, 4) is 11.5 Å². The Balaban J connectivity index is 1.73. The number of ether oxygens (including phenoxy) is 3. The molecule has 4 rings (SSSR count). The first kappa shape index (κ1) is 22.8. The molecule has 2 aromatic carbocycles. The van der Waals surface area contributed by atoms with E-state index in [1.165, 1.54) is 7.11 Å². The molecule has 0 amide bonds. The summed E-state index contributed by atoms with van der Waals surface area (Å²) >= 11 is 0. The minimum Gasteiger partial charge on any atom is -0.497 e. The van der Waals surface area contributed by atoms with Gasteiger partial charge in [-0.25, -0.2) is 4.79 Å². The number of methoxy groups -OCH3 is 2. The van der Waals surface area contributed by atoms with Crippen LogP contribution in [0.4, 0.5) is 0 Å². The molecule has 0 spiro atoms. The van der Waals surface area contributed by atoms with Crippen molar-refractivity contribution in [3.63, 3.8) is 0 Å². The zero-order chi connectivity index (χ0) is 23.5. The highest BCUT2D eigenvalue weighted by atomic mass is 16.5. The highest BCUT2D eigenvalue weighted by Gasteiger charge is 2.45. The molecule has 0 N–H and O–H groups in total. The van der Waals surface area contributed by atoms with Crippen LogP contribution in [0.25, 0.3) is 0 Å². The van der Waals surface area contributed by atoms with Crippen molar-refractivity contribution in [3.05, 3.63) is 70.9 Å². The Labute approximate surface area is 194 Å². The Hall–Kier alpha value is -3.41. The van der Waals surface area contributed by atoms with Crippen LogP contribution in [-0.4, -0.2) is 38.3 Å². The van der Waals surface area contributed by atoms with E-state index >= 15 is 0 Å². The van der Waals surface area contributed by atoms with Crippen molar-refractivity contribution >= 4 is 17.5 Å². The Bertz CT molecular complexity index is 1100. The SMILES string of the molecule is CCOc1ccc([C@H]2C(C(=O)OC)=C(C)N=C3C[C@H](c4ccc(OC)cc4)CC(=O)C32)cc1. The minimum absolute atomic E-state index is 0.0480. The molecule has 6 nitrogen and oxygen atoms in total. The summed E-state index contributed by atoms with van der Waals surface area (Å²) in [5.74, 6) is 0.326. The molecule has 0 saturated heterocycles. The van der Waals surface area contributed by atoms with Gasteiger partial charge in [-0.1, -0.05) is 24.3 Å². The number of ketones is 1. The zero-order valence-electron chi connectivity index (χ0n) is 19.5. The summed E-state index contributed by atoms with van der Waals surface area (Å²) in [6, 6.07) is 15.5. The standard InChI is InChI=1S/C27H29NO5/c1-5-33-21-12-8-18(9-13-21)25-24(27(30)32-4)16(2)28-22-14-19(15-23(29)26(22)25)17-6-10-20(31-3)11-7-17/h6-13,19,25-26H,5,14-15H2,1-4H3/t19-,25-,26?/m0/s1. The molecule has 1 heterocycles. The summed E-state index contributed by atoms with van der Waals surface area (Å²) in [5, 5.41) is 0. The Morgan fingerprint density at radius 3 is 2.18 bits per heavy atom. The van der Waals surface area contributed by atoms with Crippen molar-refractivity contribution in [1.82, 2.24) is 0 Å². The molecule has 0 aromatic heterocycles. The van der Waals surface area contributed by atoms with Gasteiger partial charge < -0.3 is 14.2 Å². The maximum atomic E-state index is 13.5. The van der Waals surface area contributed by atoms with Crippen LogP contribution in [0.1, 0.15) is 49.7 Å². The van der Waals surface area contributed by atoms with E-state index < -0.39 is 17.8 Å². The van der Waals surface area contributed by atoms with Gasteiger partial charge in [0.25, 0.3) is 0 Å². The Morgan fingerprint density at radius 1 is 0.939 bits per heavy atom. The summed E-state index contributed by atoms with van der Waals surface area (Å²) in [6.07, 6.45) is 1.07. The van der Waals surface area contributed by atoms with Gasteiger partial charge >= 0.3 is 5.97 Å². The molecule has 1 aliphatic heterocycles. The van der Waals surface area contributed by atoms with Crippen LogP contribution in [0, 0.1) is 5.92 Å². The molecule has 1 aliphatic carbocycles. The van der Waals surface area contributed by atoms with Crippen molar-refractivity contribution < 1.29 is 23.8 Å². The number of aliphatic imine (C=N–C) groups is 1. The number of hydrogen-bond acceptors (Lipinski definition) is 6. The van der Waals surface area contributed by atoms with Gasteiger partial charge in [-0.15, -0.1) is 0 Å². The van der Waals surface area contributed by atoms with Crippen LogP contribution in [0.2, 0.25) is 0 Å². The first-order valence-electron chi connectivity index (χ1n) is 11.2. The van der Waals surface area contributed by atoms with Crippen LogP contribution in [0.5, 0.6) is 11.5 Å². The number of carbonyl (C=O) groups is 2. The second-order valence-electron chi connectivity index (χ2n) is 8.40. The average Bonchev–Trinajstić information content (AvgIpc) is 2.83. The summed E-state index contributed by atoms with van der Waals surface area (Å²) in [5.41, 5.74) is 3.85. The number of Topliss-reactive ketones (excluding diaryl/α,β-unsaturated/α-hetero) is 1. The van der Waals surface area contributed by atoms with Gasteiger partial charge in [0.15, 0.2) is 0 Å². The van der Waals surface area contributed by atoms with Crippen LogP contribution in [-0.2, 0) is 14.3 Å². The molecule has 1 fully saturated rings. The summed E-state index contributed by atoms with van der Waals surface area (Å²) < 4.78 is 15.9. The number of esters is 1. The predicted molar refractivity (Wildman–Crippen MR) is 126 cm³/mol. The fourth-order valence-corrected chi connectivity index (χ4v) is 4.96. The van der Waals surface area contributed by atoms with E-state index in [1.807, 2.05) is 62.4 Å². The molecule has 0 radical (unpaired) electrons. The fourth-order valence-electron chi connectivity index (χ4n) is 4.96. The third-order valence-electron chi connectivity index (χ3n) is 6.50. The molecule has 172 valence electrons. The van der Waals surface area contributed by atoms with E-state index in [0.29, 0.717) is 30.7 Å². The largest absolute Gasteiger partial charge is 0.497 e. The van der Waals surface area contributed by atoms with E-state index in [9.17, 15) is 9.59 Å². The second-order valence-corrected chi connectivity index (χ2v) is 8.40. The predicted octanol–water partition coefficient (Wildman–Crippen LogP) is 4.84. The van der Waals surface area contributed by atoms with Crippen LogP contribution >= 0.6 is 0 Å². The van der Waals surface area contributed by atoms with Gasteiger partial charge in [0.2, 0.25) is 0 Å². The molecule has 2 aliphatic rings. The molecular formula is C27H29NO5. The fraction of sp³-hybridized carbons (Fsp3) is 0.370. The average molecular weight is 448 g/mol. The molecular weight excluding hydrogens is 418 g/mol. The number of rotatable bonds is 6. The molecule has 1 saturated carbocycles. The molecule has 33 heavy (non-hydrogen) atoms. The Morgan fingerprint density at radius 2 is 1.58 bits per heavy atom. The lowest BCUT2D eigenvalue weighted by Gasteiger charge is -2.38. The van der Waals surface area contributed by atoms with Crippen molar-refractivity contribution in [1.29, 1.82) is 0 Å². The van der Waals surface area contributed by atoms with Gasteiger partial charge in [0.05, 0.1) is 32.3 Å². The van der Waals surface area contributed by atoms with E-state index in [4.69, 9.17) is 19.2 Å². The number of benzene rings is 2. The van der Waals surface area contributed by atoms with Crippen molar-refractivity contribution in [2.75, 3.05) is 20.8 Å². The normalized spacial score (nSPS) is 22.4. The number of nitrogens with zero attached hydrogens (tertiary/aromatic N) is 1. The van der Waals surface area contributed by atoms with Gasteiger partial charge in [-0.05, 0) is 61.6 Å². The minimum atomic E-state index is -0.477. The summed E-state index contributed by atoms with van der Waals surface area (Å²) in [6.45, 7) is 4.32. The van der Waals surface area contributed by atoms with Crippen molar-refractivity contribution in [2.24, 2.45) is 10.9 Å². The van der Waals surface area contributed by atoms with Crippen LogP contribution in [0.3, 0.4) is 0 Å². The van der Waals surface area contributed by atoms with Gasteiger partial charge in [0, 0.05) is 23.7 Å². The monoisotopic (exact) mass is 447 g/mol. The third kappa shape index (κ3) is 4.42. The summed E-state index contributed by atoms with van der Waals surface area (Å²) in [4.78, 5) is 31.1. The molecule has 2 aromatic rings. The van der Waals surface area contributed by atoms with E-state index in [-0.39, 0.29) is 11.7 Å². The van der Waals surface area contributed by atoms with Crippen LogP contribution < -0.4 is 9.47 Å². The first-order valence-corrected chi connectivity index (χ1v) is 11.2.